The second kappa shape index (κ2) is 9.23. The first-order valence-corrected chi connectivity index (χ1v) is 3.71. The summed E-state index contributed by atoms with van der Waals surface area (Å²) in [6, 6.07) is 0. The Kier molecular flexibility index (Phi) is 10.8. The average Bonchev–Trinajstić information content (AvgIpc) is 1.82. The van der Waals surface area contributed by atoms with Crippen molar-refractivity contribution >= 4 is 5.96 Å². The van der Waals surface area contributed by atoms with Crippen molar-refractivity contribution in [3.8, 4) is 0 Å². The number of rotatable bonds is 3. The molecule has 0 spiro atoms. The van der Waals surface area contributed by atoms with Gasteiger partial charge in [0, 0.05) is 6.61 Å². The maximum Gasteiger partial charge on any atom is 0.183 e. The Morgan fingerprint density at radius 1 is 1.45 bits per heavy atom. The highest BCUT2D eigenvalue weighted by Crippen LogP contribution is 2.00. The molecule has 0 bridgehead atoms. The van der Waals surface area contributed by atoms with E-state index in [1.54, 1.807) is 0 Å². The molecule has 0 rings (SSSR count). The number of nitrogens with two attached hydrogens (primary N) is 2. The standard InChI is InChI=1S/C6H14O.CH5N3/c1-6(2)4-3-5-7;2-1(3)4/h6-7H,3-5H2,1-2H3;(H5,2,3,4). The van der Waals surface area contributed by atoms with Gasteiger partial charge in [-0.3, -0.25) is 5.41 Å². The van der Waals surface area contributed by atoms with E-state index in [-0.39, 0.29) is 5.96 Å². The molecule has 11 heavy (non-hydrogen) atoms. The van der Waals surface area contributed by atoms with Gasteiger partial charge < -0.3 is 16.6 Å². The molecule has 0 heterocycles. The number of nitrogens with one attached hydrogen (secondary N) is 1. The molecule has 0 aromatic rings. The van der Waals surface area contributed by atoms with Crippen LogP contribution in [0.1, 0.15) is 26.7 Å². The van der Waals surface area contributed by atoms with Gasteiger partial charge in [-0.1, -0.05) is 13.8 Å². The number of hydrogen-bond acceptors (Lipinski definition) is 2. The van der Waals surface area contributed by atoms with Crippen molar-refractivity contribution in [1.82, 2.24) is 0 Å². The number of guanidine groups is 1. The average molecular weight is 161 g/mol. The molecule has 0 amide bonds. The van der Waals surface area contributed by atoms with Gasteiger partial charge in [-0.05, 0) is 18.8 Å². The van der Waals surface area contributed by atoms with Crippen LogP contribution in [-0.4, -0.2) is 17.7 Å². The normalized spacial score (nSPS) is 8.73. The van der Waals surface area contributed by atoms with E-state index in [0.29, 0.717) is 6.61 Å². The number of hydrogen-bond donors (Lipinski definition) is 4. The van der Waals surface area contributed by atoms with Crippen molar-refractivity contribution in [3.05, 3.63) is 0 Å². The number of aliphatic hydroxyl groups is 1. The van der Waals surface area contributed by atoms with E-state index in [1.807, 2.05) is 0 Å². The summed E-state index contributed by atoms with van der Waals surface area (Å²) in [5, 5.41) is 14.4. The van der Waals surface area contributed by atoms with E-state index >= 15 is 0 Å². The highest BCUT2D eigenvalue weighted by Gasteiger charge is 1.89. The SMILES string of the molecule is CC(C)CCCO.N=C(N)N. The van der Waals surface area contributed by atoms with Crippen molar-refractivity contribution in [3.63, 3.8) is 0 Å². The van der Waals surface area contributed by atoms with Crippen LogP contribution < -0.4 is 11.5 Å². The third-order valence-electron chi connectivity index (χ3n) is 0.940. The first-order chi connectivity index (χ1) is 5.00. The Labute approximate surface area is 68.1 Å². The smallest absolute Gasteiger partial charge is 0.183 e. The summed E-state index contributed by atoms with van der Waals surface area (Å²) in [6.45, 7) is 4.67. The third kappa shape index (κ3) is 46.2. The highest BCUT2D eigenvalue weighted by molar-refractivity contribution is 5.71. The fourth-order valence-corrected chi connectivity index (χ4v) is 0.500. The molecule has 4 heteroatoms. The first-order valence-electron chi connectivity index (χ1n) is 3.71. The minimum absolute atomic E-state index is 0.333. The van der Waals surface area contributed by atoms with Crippen LogP contribution in [-0.2, 0) is 0 Å². The zero-order chi connectivity index (χ0) is 9.28. The fourth-order valence-electron chi connectivity index (χ4n) is 0.500. The van der Waals surface area contributed by atoms with Crippen LogP contribution in [0.2, 0.25) is 0 Å². The van der Waals surface area contributed by atoms with Crippen LogP contribution in [0.25, 0.3) is 0 Å². The van der Waals surface area contributed by atoms with Crippen LogP contribution >= 0.6 is 0 Å². The molecule has 0 saturated heterocycles. The van der Waals surface area contributed by atoms with Gasteiger partial charge >= 0.3 is 0 Å². The fraction of sp³-hybridized carbons (Fsp3) is 0.857. The van der Waals surface area contributed by atoms with Crippen LogP contribution in [0.4, 0.5) is 0 Å². The summed E-state index contributed by atoms with van der Waals surface area (Å²) in [6.07, 6.45) is 2.11. The molecule has 0 aromatic heterocycles. The Morgan fingerprint density at radius 3 is 1.91 bits per heavy atom. The topological polar surface area (TPSA) is 96.1 Å². The third-order valence-corrected chi connectivity index (χ3v) is 0.940. The summed E-state index contributed by atoms with van der Waals surface area (Å²) in [4.78, 5) is 0. The van der Waals surface area contributed by atoms with Gasteiger partial charge in [0.15, 0.2) is 5.96 Å². The molecule has 0 aromatic carbocycles. The lowest BCUT2D eigenvalue weighted by Crippen LogP contribution is -2.20. The van der Waals surface area contributed by atoms with E-state index in [1.165, 1.54) is 0 Å². The van der Waals surface area contributed by atoms with E-state index < -0.39 is 0 Å². The van der Waals surface area contributed by atoms with Gasteiger partial charge in [0.2, 0.25) is 0 Å². The maximum absolute atomic E-state index is 8.32. The molecular weight excluding hydrogens is 142 g/mol. The first kappa shape index (κ1) is 12.9. The second-order valence-corrected chi connectivity index (χ2v) is 2.72. The molecule has 0 radical (unpaired) electrons. The summed E-state index contributed by atoms with van der Waals surface area (Å²) in [7, 11) is 0. The highest BCUT2D eigenvalue weighted by atomic mass is 16.2. The molecule has 0 aliphatic rings. The Hall–Kier alpha value is -0.770. The van der Waals surface area contributed by atoms with Crippen molar-refractivity contribution in [2.24, 2.45) is 17.4 Å². The molecule has 4 nitrogen and oxygen atoms in total. The van der Waals surface area contributed by atoms with E-state index in [4.69, 9.17) is 10.5 Å². The molecule has 68 valence electrons. The van der Waals surface area contributed by atoms with Crippen LogP contribution in [0.3, 0.4) is 0 Å². The van der Waals surface area contributed by atoms with E-state index in [2.05, 4.69) is 25.3 Å². The largest absolute Gasteiger partial charge is 0.396 e. The zero-order valence-electron chi connectivity index (χ0n) is 7.30. The van der Waals surface area contributed by atoms with Gasteiger partial charge in [0.1, 0.15) is 0 Å². The summed E-state index contributed by atoms with van der Waals surface area (Å²) in [5.74, 6) is 0.409. The Bertz CT molecular complexity index is 89.7. The monoisotopic (exact) mass is 161 g/mol. The molecule has 6 N–H and O–H groups in total. The Balaban J connectivity index is 0. The zero-order valence-corrected chi connectivity index (χ0v) is 7.30. The predicted molar refractivity (Wildman–Crippen MR) is 47.3 cm³/mol. The van der Waals surface area contributed by atoms with Crippen molar-refractivity contribution in [2.45, 2.75) is 26.7 Å². The molecule has 0 saturated carbocycles. The lowest BCUT2D eigenvalue weighted by Gasteiger charge is -1.98. The van der Waals surface area contributed by atoms with E-state index in [9.17, 15) is 0 Å². The minimum Gasteiger partial charge on any atom is -0.396 e. The van der Waals surface area contributed by atoms with E-state index in [0.717, 1.165) is 18.8 Å². The summed E-state index contributed by atoms with van der Waals surface area (Å²) in [5.41, 5.74) is 8.94. The van der Waals surface area contributed by atoms with Gasteiger partial charge in [-0.2, -0.15) is 0 Å². The van der Waals surface area contributed by atoms with Gasteiger partial charge in [-0.15, -0.1) is 0 Å². The minimum atomic E-state index is -0.333. The molecule has 0 aliphatic carbocycles. The molecule has 0 unspecified atom stereocenters. The summed E-state index contributed by atoms with van der Waals surface area (Å²) < 4.78 is 0. The van der Waals surface area contributed by atoms with Crippen molar-refractivity contribution in [1.29, 1.82) is 5.41 Å². The van der Waals surface area contributed by atoms with Gasteiger partial charge in [0.25, 0.3) is 0 Å². The van der Waals surface area contributed by atoms with Gasteiger partial charge in [-0.25, -0.2) is 0 Å². The van der Waals surface area contributed by atoms with Gasteiger partial charge in [0.05, 0.1) is 0 Å². The van der Waals surface area contributed by atoms with Crippen LogP contribution in [0.15, 0.2) is 0 Å². The molecular formula is C7H19N3O. The lowest BCUT2D eigenvalue weighted by atomic mass is 10.1. The van der Waals surface area contributed by atoms with Crippen LogP contribution in [0.5, 0.6) is 0 Å². The molecule has 0 aliphatic heterocycles. The lowest BCUT2D eigenvalue weighted by molar-refractivity contribution is 0.276. The van der Waals surface area contributed by atoms with Crippen LogP contribution in [0, 0.1) is 11.3 Å². The quantitative estimate of drug-likeness (QED) is 0.353. The van der Waals surface area contributed by atoms with Crippen molar-refractivity contribution < 1.29 is 5.11 Å². The second-order valence-electron chi connectivity index (χ2n) is 2.72. The molecule has 0 atom stereocenters. The molecule has 0 fully saturated rings. The predicted octanol–water partition coefficient (Wildman–Crippen LogP) is 0.253. The number of aliphatic hydroxyl groups excluding tert-OH is 1. The van der Waals surface area contributed by atoms with Crippen molar-refractivity contribution in [2.75, 3.05) is 6.61 Å². The summed E-state index contributed by atoms with van der Waals surface area (Å²) >= 11 is 0. The Morgan fingerprint density at radius 2 is 1.82 bits per heavy atom. The maximum atomic E-state index is 8.32.